The maximum Gasteiger partial charge on any atom is 0.246 e. The Kier molecular flexibility index (Phi) is 8.54. The molecule has 1 aliphatic rings. The Bertz CT molecular complexity index is 1050. The summed E-state index contributed by atoms with van der Waals surface area (Å²) in [5.74, 6) is -0.0149. The van der Waals surface area contributed by atoms with Gasteiger partial charge in [-0.1, -0.05) is 45.4 Å². The molecule has 2 aromatic carbocycles. The fourth-order valence-corrected chi connectivity index (χ4v) is 5.86. The largest absolute Gasteiger partial charge is 0.495 e. The van der Waals surface area contributed by atoms with Crippen LogP contribution in [0.3, 0.4) is 0 Å². The number of hydrogen-bond donors (Lipinski definition) is 1. The number of ether oxygens (including phenoxy) is 1. The van der Waals surface area contributed by atoms with Crippen LogP contribution in [0.15, 0.2) is 47.4 Å². The van der Waals surface area contributed by atoms with Crippen LogP contribution >= 0.6 is 0 Å². The number of unbranched alkanes of at least 4 members (excludes halogenated alkanes) is 1. The third kappa shape index (κ3) is 6.15. The number of carbonyl (C=O) groups is 1. The van der Waals surface area contributed by atoms with Crippen molar-refractivity contribution in [2.24, 2.45) is 5.92 Å². The van der Waals surface area contributed by atoms with Gasteiger partial charge in [-0.05, 0) is 67.0 Å². The highest BCUT2D eigenvalue weighted by Crippen LogP contribution is 2.32. The van der Waals surface area contributed by atoms with Gasteiger partial charge in [-0.15, -0.1) is 0 Å². The zero-order chi connectivity index (χ0) is 24.0. The van der Waals surface area contributed by atoms with Crippen LogP contribution in [-0.2, 0) is 21.2 Å². The van der Waals surface area contributed by atoms with Gasteiger partial charge in [-0.3, -0.25) is 4.79 Å². The van der Waals surface area contributed by atoms with Crippen molar-refractivity contribution in [1.29, 1.82) is 0 Å². The molecule has 0 aromatic heterocycles. The van der Waals surface area contributed by atoms with E-state index >= 15 is 0 Å². The standard InChI is InChI=1S/C26H36N2O4S/c1-5-6-8-20-10-13-23(14-11-20)27-26(29)22-9-7-16-28(18-22)33(30,31)25-17-21(19(2)3)12-15-24(25)32-4/h10-15,17,19,22H,5-9,16,18H2,1-4H3,(H,27,29)/t22-/m1/s1. The van der Waals surface area contributed by atoms with Crippen LogP contribution in [0, 0.1) is 5.92 Å². The van der Waals surface area contributed by atoms with Gasteiger partial charge in [0.2, 0.25) is 15.9 Å². The second-order valence-corrected chi connectivity index (χ2v) is 11.0. The summed E-state index contributed by atoms with van der Waals surface area (Å²) in [6, 6.07) is 13.2. The molecular weight excluding hydrogens is 436 g/mol. The minimum atomic E-state index is -3.79. The van der Waals surface area contributed by atoms with Gasteiger partial charge in [-0.25, -0.2) is 8.42 Å². The first kappa shape index (κ1) is 25.2. The lowest BCUT2D eigenvalue weighted by Gasteiger charge is -2.31. The molecule has 1 amide bonds. The highest BCUT2D eigenvalue weighted by atomic mass is 32.2. The first-order chi connectivity index (χ1) is 15.8. The molecule has 2 aromatic rings. The molecule has 33 heavy (non-hydrogen) atoms. The highest BCUT2D eigenvalue weighted by molar-refractivity contribution is 7.89. The molecule has 7 heteroatoms. The van der Waals surface area contributed by atoms with Gasteiger partial charge >= 0.3 is 0 Å². The fraction of sp³-hybridized carbons (Fsp3) is 0.500. The number of benzene rings is 2. The Morgan fingerprint density at radius 3 is 2.55 bits per heavy atom. The molecule has 1 aliphatic heterocycles. The van der Waals surface area contributed by atoms with E-state index in [4.69, 9.17) is 4.74 Å². The number of sulfonamides is 1. The molecule has 3 rings (SSSR count). The first-order valence-corrected chi connectivity index (χ1v) is 13.3. The maximum atomic E-state index is 13.5. The predicted octanol–water partition coefficient (Wildman–Crippen LogP) is 5.20. The van der Waals surface area contributed by atoms with Crippen LogP contribution in [0.5, 0.6) is 5.75 Å². The van der Waals surface area contributed by atoms with E-state index < -0.39 is 15.9 Å². The molecular formula is C26H36N2O4S. The number of hydrogen-bond acceptors (Lipinski definition) is 4. The first-order valence-electron chi connectivity index (χ1n) is 11.8. The number of piperidine rings is 1. The molecule has 1 saturated heterocycles. The number of nitrogens with one attached hydrogen (secondary N) is 1. The smallest absolute Gasteiger partial charge is 0.246 e. The molecule has 1 atom stereocenters. The van der Waals surface area contributed by atoms with E-state index in [1.807, 2.05) is 44.2 Å². The van der Waals surface area contributed by atoms with Crippen LogP contribution in [-0.4, -0.2) is 38.8 Å². The Labute approximate surface area is 198 Å². The second-order valence-electron chi connectivity index (χ2n) is 9.06. The van der Waals surface area contributed by atoms with Crippen molar-refractivity contribution in [2.75, 3.05) is 25.5 Å². The molecule has 1 heterocycles. The average molecular weight is 473 g/mol. The van der Waals surface area contributed by atoms with Crippen LogP contribution in [0.25, 0.3) is 0 Å². The Hall–Kier alpha value is -2.38. The quantitative estimate of drug-likeness (QED) is 0.544. The molecule has 0 bridgehead atoms. The molecule has 0 radical (unpaired) electrons. The van der Waals surface area contributed by atoms with Gasteiger partial charge < -0.3 is 10.1 Å². The van der Waals surface area contributed by atoms with Crippen LogP contribution in [0.1, 0.15) is 63.5 Å². The summed E-state index contributed by atoms with van der Waals surface area (Å²) in [4.78, 5) is 13.1. The third-order valence-electron chi connectivity index (χ3n) is 6.27. The van der Waals surface area contributed by atoms with Gasteiger partial charge in [0.25, 0.3) is 0 Å². The fourth-order valence-electron chi connectivity index (χ4n) is 4.15. The Morgan fingerprint density at radius 1 is 1.18 bits per heavy atom. The Balaban J connectivity index is 1.73. The summed E-state index contributed by atoms with van der Waals surface area (Å²) in [5.41, 5.74) is 2.93. The van der Waals surface area contributed by atoms with Gasteiger partial charge in [0.1, 0.15) is 10.6 Å². The molecule has 0 unspecified atom stereocenters. The molecule has 0 spiro atoms. The topological polar surface area (TPSA) is 75.7 Å². The normalized spacial score (nSPS) is 17.2. The van der Waals surface area contributed by atoms with Gasteiger partial charge in [-0.2, -0.15) is 4.31 Å². The highest BCUT2D eigenvalue weighted by Gasteiger charge is 2.35. The lowest BCUT2D eigenvalue weighted by molar-refractivity contribution is -0.120. The second kappa shape index (κ2) is 11.2. The summed E-state index contributed by atoms with van der Waals surface area (Å²) in [7, 11) is -2.31. The summed E-state index contributed by atoms with van der Waals surface area (Å²) in [6.45, 7) is 6.77. The summed E-state index contributed by atoms with van der Waals surface area (Å²) in [5, 5.41) is 2.97. The van der Waals surface area contributed by atoms with Gasteiger partial charge in [0.15, 0.2) is 0 Å². The van der Waals surface area contributed by atoms with Gasteiger partial charge in [0, 0.05) is 18.8 Å². The number of methoxy groups -OCH3 is 1. The lowest BCUT2D eigenvalue weighted by Crippen LogP contribution is -2.43. The SMILES string of the molecule is CCCCc1ccc(NC(=O)[C@@H]2CCCN(S(=O)(=O)c3cc(C(C)C)ccc3OC)C2)cc1. The predicted molar refractivity (Wildman–Crippen MR) is 132 cm³/mol. The van der Waals surface area contributed by atoms with Crippen molar-refractivity contribution in [2.45, 2.75) is 63.7 Å². The molecule has 6 nitrogen and oxygen atoms in total. The average Bonchev–Trinajstić information content (AvgIpc) is 2.83. The van der Waals surface area contributed by atoms with Crippen LogP contribution in [0.4, 0.5) is 5.69 Å². The van der Waals surface area contributed by atoms with Crippen LogP contribution < -0.4 is 10.1 Å². The Morgan fingerprint density at radius 2 is 1.91 bits per heavy atom. The third-order valence-corrected chi connectivity index (χ3v) is 8.15. The number of nitrogens with zero attached hydrogens (tertiary/aromatic N) is 1. The van der Waals surface area contributed by atoms with Crippen molar-refractivity contribution in [3.05, 3.63) is 53.6 Å². The summed E-state index contributed by atoms with van der Waals surface area (Å²) >= 11 is 0. The summed E-state index contributed by atoms with van der Waals surface area (Å²) < 4.78 is 33.8. The minimum Gasteiger partial charge on any atom is -0.495 e. The van der Waals surface area contributed by atoms with E-state index in [0.29, 0.717) is 25.1 Å². The molecule has 0 aliphatic carbocycles. The molecule has 180 valence electrons. The molecule has 1 N–H and O–H groups in total. The minimum absolute atomic E-state index is 0.140. The van der Waals surface area contributed by atoms with E-state index in [9.17, 15) is 13.2 Å². The van der Waals surface area contributed by atoms with Crippen molar-refractivity contribution >= 4 is 21.6 Å². The van der Waals surface area contributed by atoms with E-state index in [0.717, 1.165) is 30.5 Å². The van der Waals surface area contributed by atoms with E-state index in [1.165, 1.54) is 17.0 Å². The van der Waals surface area contributed by atoms with Gasteiger partial charge in [0.05, 0.1) is 13.0 Å². The zero-order valence-corrected chi connectivity index (χ0v) is 21.0. The number of anilines is 1. The maximum absolute atomic E-state index is 13.5. The van der Waals surface area contributed by atoms with Crippen molar-refractivity contribution in [3.63, 3.8) is 0 Å². The number of aryl methyl sites for hydroxylation is 1. The van der Waals surface area contributed by atoms with E-state index in [2.05, 4.69) is 12.2 Å². The van der Waals surface area contributed by atoms with Crippen molar-refractivity contribution < 1.29 is 17.9 Å². The van der Waals surface area contributed by atoms with Crippen molar-refractivity contribution in [3.8, 4) is 5.75 Å². The number of amides is 1. The zero-order valence-electron chi connectivity index (χ0n) is 20.1. The summed E-state index contributed by atoms with van der Waals surface area (Å²) in [6.07, 6.45) is 4.62. The van der Waals surface area contributed by atoms with E-state index in [-0.39, 0.29) is 23.3 Å². The number of rotatable bonds is 9. The van der Waals surface area contributed by atoms with E-state index in [1.54, 1.807) is 12.1 Å². The molecule has 0 saturated carbocycles. The lowest BCUT2D eigenvalue weighted by atomic mass is 9.98. The van der Waals surface area contributed by atoms with Crippen molar-refractivity contribution in [1.82, 2.24) is 4.31 Å². The number of carbonyl (C=O) groups excluding carboxylic acids is 1. The molecule has 1 fully saturated rings. The monoisotopic (exact) mass is 472 g/mol. The van der Waals surface area contributed by atoms with Crippen LogP contribution in [0.2, 0.25) is 0 Å².